The van der Waals surface area contributed by atoms with Gasteiger partial charge in [-0.05, 0) is 12.1 Å². The van der Waals surface area contributed by atoms with E-state index in [0.717, 1.165) is 13.1 Å². The molecule has 1 aromatic rings. The first-order valence-electron chi connectivity index (χ1n) is 4.96. The fourth-order valence-corrected chi connectivity index (χ4v) is 1.13. The molecular weight excluding hydrogens is 230 g/mol. The Morgan fingerprint density at radius 3 is 2.88 bits per heavy atom. The minimum Gasteiger partial charge on any atom is -0.383 e. The molecule has 1 amide bonds. The highest BCUT2D eigenvalue weighted by Gasteiger charge is 2.03. The van der Waals surface area contributed by atoms with Gasteiger partial charge in [0.05, 0.1) is 6.61 Å². The lowest BCUT2D eigenvalue weighted by Gasteiger charge is -2.05. The SMILES string of the molecule is COCCNCCNC(=O)c1ccc[nH]1.Cl. The van der Waals surface area contributed by atoms with E-state index in [0.29, 0.717) is 18.8 Å². The van der Waals surface area contributed by atoms with Gasteiger partial charge in [-0.1, -0.05) is 0 Å². The zero-order chi connectivity index (χ0) is 10.9. The van der Waals surface area contributed by atoms with Gasteiger partial charge in [0.2, 0.25) is 0 Å². The van der Waals surface area contributed by atoms with E-state index < -0.39 is 0 Å². The van der Waals surface area contributed by atoms with Crippen LogP contribution in [0, 0.1) is 0 Å². The highest BCUT2D eigenvalue weighted by atomic mass is 35.5. The minimum atomic E-state index is -0.0754. The lowest BCUT2D eigenvalue weighted by Crippen LogP contribution is -2.33. The van der Waals surface area contributed by atoms with Crippen molar-refractivity contribution in [2.75, 3.05) is 33.4 Å². The van der Waals surface area contributed by atoms with Crippen LogP contribution in [-0.2, 0) is 4.74 Å². The number of aromatic nitrogens is 1. The maximum Gasteiger partial charge on any atom is 0.267 e. The standard InChI is InChI=1S/C10H17N3O2.ClH/c1-15-8-7-11-5-6-13-10(14)9-3-2-4-12-9;/h2-4,11-12H,5-8H2,1H3,(H,13,14);1H. The van der Waals surface area contributed by atoms with Gasteiger partial charge in [0.15, 0.2) is 0 Å². The molecule has 0 saturated carbocycles. The topological polar surface area (TPSA) is 66.2 Å². The van der Waals surface area contributed by atoms with E-state index in [9.17, 15) is 4.79 Å². The summed E-state index contributed by atoms with van der Waals surface area (Å²) >= 11 is 0. The van der Waals surface area contributed by atoms with Crippen LogP contribution in [0.2, 0.25) is 0 Å². The lowest BCUT2D eigenvalue weighted by molar-refractivity contribution is 0.0949. The van der Waals surface area contributed by atoms with Gasteiger partial charge in [0.25, 0.3) is 5.91 Å². The first kappa shape index (κ1) is 15.0. The molecule has 92 valence electrons. The molecule has 0 atom stereocenters. The van der Waals surface area contributed by atoms with Crippen molar-refractivity contribution in [1.29, 1.82) is 0 Å². The summed E-state index contributed by atoms with van der Waals surface area (Å²) < 4.78 is 4.87. The number of rotatable bonds is 7. The van der Waals surface area contributed by atoms with Crippen LogP contribution in [0.4, 0.5) is 0 Å². The number of amides is 1. The maximum absolute atomic E-state index is 11.4. The van der Waals surface area contributed by atoms with Gasteiger partial charge in [0.1, 0.15) is 5.69 Å². The molecular formula is C10H18ClN3O2. The van der Waals surface area contributed by atoms with Crippen molar-refractivity contribution in [2.45, 2.75) is 0 Å². The Labute approximate surface area is 101 Å². The van der Waals surface area contributed by atoms with E-state index in [4.69, 9.17) is 4.74 Å². The van der Waals surface area contributed by atoms with E-state index in [1.807, 2.05) is 0 Å². The third-order valence-electron chi connectivity index (χ3n) is 1.91. The Bertz CT molecular complexity index is 278. The van der Waals surface area contributed by atoms with Crippen LogP contribution in [0.5, 0.6) is 0 Å². The molecule has 1 rings (SSSR count). The van der Waals surface area contributed by atoms with Crippen molar-refractivity contribution in [3.05, 3.63) is 24.0 Å². The molecule has 0 saturated heterocycles. The molecule has 0 bridgehead atoms. The summed E-state index contributed by atoms with van der Waals surface area (Å²) in [4.78, 5) is 14.2. The van der Waals surface area contributed by atoms with Gasteiger partial charge in [-0.15, -0.1) is 12.4 Å². The van der Waals surface area contributed by atoms with Gasteiger partial charge < -0.3 is 20.4 Å². The normalized spacial score (nSPS) is 9.56. The molecule has 0 aliphatic rings. The van der Waals surface area contributed by atoms with Crippen molar-refractivity contribution in [2.24, 2.45) is 0 Å². The van der Waals surface area contributed by atoms with Crippen molar-refractivity contribution in [1.82, 2.24) is 15.6 Å². The van der Waals surface area contributed by atoms with Crippen molar-refractivity contribution in [3.63, 3.8) is 0 Å². The third kappa shape index (κ3) is 5.75. The molecule has 0 aliphatic carbocycles. The van der Waals surface area contributed by atoms with Crippen LogP contribution < -0.4 is 10.6 Å². The fraction of sp³-hybridized carbons (Fsp3) is 0.500. The highest BCUT2D eigenvalue weighted by Crippen LogP contribution is 1.92. The summed E-state index contributed by atoms with van der Waals surface area (Å²) in [5.74, 6) is -0.0754. The average molecular weight is 248 g/mol. The van der Waals surface area contributed by atoms with Crippen LogP contribution in [0.25, 0.3) is 0 Å². The smallest absolute Gasteiger partial charge is 0.267 e. The number of hydrogen-bond acceptors (Lipinski definition) is 3. The average Bonchev–Trinajstić information content (AvgIpc) is 2.76. The molecule has 0 spiro atoms. The van der Waals surface area contributed by atoms with E-state index in [1.54, 1.807) is 25.4 Å². The largest absolute Gasteiger partial charge is 0.383 e. The van der Waals surface area contributed by atoms with Gasteiger partial charge in [-0.2, -0.15) is 0 Å². The van der Waals surface area contributed by atoms with E-state index in [-0.39, 0.29) is 18.3 Å². The van der Waals surface area contributed by atoms with Crippen molar-refractivity contribution < 1.29 is 9.53 Å². The number of methoxy groups -OCH3 is 1. The second-order valence-corrected chi connectivity index (χ2v) is 3.08. The van der Waals surface area contributed by atoms with Crippen molar-refractivity contribution >= 4 is 18.3 Å². The van der Waals surface area contributed by atoms with Crippen LogP contribution >= 0.6 is 12.4 Å². The molecule has 6 heteroatoms. The van der Waals surface area contributed by atoms with Crippen LogP contribution in [0.3, 0.4) is 0 Å². The summed E-state index contributed by atoms with van der Waals surface area (Å²) in [5, 5.41) is 5.93. The van der Waals surface area contributed by atoms with Gasteiger partial charge >= 0.3 is 0 Å². The number of ether oxygens (including phenoxy) is 1. The Hall–Kier alpha value is -1.04. The molecule has 0 unspecified atom stereocenters. The van der Waals surface area contributed by atoms with E-state index in [1.165, 1.54) is 0 Å². The van der Waals surface area contributed by atoms with Crippen LogP contribution in [0.15, 0.2) is 18.3 Å². The number of carbonyl (C=O) groups is 1. The third-order valence-corrected chi connectivity index (χ3v) is 1.91. The summed E-state index contributed by atoms with van der Waals surface area (Å²) in [6, 6.07) is 3.54. The Kier molecular flexibility index (Phi) is 8.61. The molecule has 16 heavy (non-hydrogen) atoms. The zero-order valence-corrected chi connectivity index (χ0v) is 10.1. The summed E-state index contributed by atoms with van der Waals surface area (Å²) in [5.41, 5.74) is 0.590. The second-order valence-electron chi connectivity index (χ2n) is 3.08. The van der Waals surface area contributed by atoms with E-state index >= 15 is 0 Å². The lowest BCUT2D eigenvalue weighted by atomic mass is 10.4. The monoisotopic (exact) mass is 247 g/mol. The van der Waals surface area contributed by atoms with Crippen molar-refractivity contribution in [3.8, 4) is 0 Å². The summed E-state index contributed by atoms with van der Waals surface area (Å²) in [7, 11) is 1.66. The predicted octanol–water partition coefficient (Wildman–Crippen LogP) is 0.402. The molecule has 5 nitrogen and oxygen atoms in total. The molecule has 0 fully saturated rings. The first-order chi connectivity index (χ1) is 7.34. The number of halogens is 1. The number of aromatic amines is 1. The van der Waals surface area contributed by atoms with Gasteiger partial charge in [-0.3, -0.25) is 4.79 Å². The molecule has 0 radical (unpaired) electrons. The number of nitrogens with one attached hydrogen (secondary N) is 3. The quantitative estimate of drug-likeness (QED) is 0.611. The van der Waals surface area contributed by atoms with Gasteiger partial charge in [-0.25, -0.2) is 0 Å². The van der Waals surface area contributed by atoms with Gasteiger partial charge in [0, 0.05) is 32.9 Å². The Morgan fingerprint density at radius 2 is 2.25 bits per heavy atom. The molecule has 1 heterocycles. The van der Waals surface area contributed by atoms with E-state index in [2.05, 4.69) is 15.6 Å². The Morgan fingerprint density at radius 1 is 1.44 bits per heavy atom. The zero-order valence-electron chi connectivity index (χ0n) is 9.29. The summed E-state index contributed by atoms with van der Waals surface area (Å²) in [6.07, 6.45) is 1.73. The first-order valence-corrected chi connectivity index (χ1v) is 4.96. The summed E-state index contributed by atoms with van der Waals surface area (Å²) in [6.45, 7) is 2.84. The minimum absolute atomic E-state index is 0. The number of hydrogen-bond donors (Lipinski definition) is 3. The molecule has 0 aromatic carbocycles. The number of carbonyl (C=O) groups excluding carboxylic acids is 1. The molecule has 1 aromatic heterocycles. The predicted molar refractivity (Wildman–Crippen MR) is 65.1 cm³/mol. The molecule has 0 aliphatic heterocycles. The van der Waals surface area contributed by atoms with Crippen LogP contribution in [0.1, 0.15) is 10.5 Å². The number of H-pyrrole nitrogens is 1. The Balaban J connectivity index is 0.00000225. The molecule has 3 N–H and O–H groups in total. The van der Waals surface area contributed by atoms with Crippen LogP contribution in [-0.4, -0.2) is 44.2 Å². The maximum atomic E-state index is 11.4. The highest BCUT2D eigenvalue weighted by molar-refractivity contribution is 5.92. The second kappa shape index (κ2) is 9.21. The fourth-order valence-electron chi connectivity index (χ4n) is 1.13.